The van der Waals surface area contributed by atoms with E-state index >= 15 is 0 Å². The molecule has 8 unspecified atom stereocenters. The van der Waals surface area contributed by atoms with E-state index in [2.05, 4.69) is 53.7 Å². The molecular weight excluding hydrogens is 404 g/mol. The minimum atomic E-state index is -0.130. The molecule has 2 heteroatoms. The Hall–Kier alpha value is -1.05. The summed E-state index contributed by atoms with van der Waals surface area (Å²) in [6.45, 7) is 16.5. The lowest BCUT2D eigenvalue weighted by molar-refractivity contribution is -0.148. The Bertz CT molecular complexity index is 791. The second kappa shape index (κ2) is 9.54. The van der Waals surface area contributed by atoms with E-state index in [1.54, 1.807) is 18.1 Å². The van der Waals surface area contributed by atoms with Crippen molar-refractivity contribution < 1.29 is 9.53 Å². The van der Waals surface area contributed by atoms with E-state index in [4.69, 9.17) is 4.74 Å². The van der Waals surface area contributed by atoms with Gasteiger partial charge in [0.05, 0.1) is 0 Å². The van der Waals surface area contributed by atoms with E-state index in [0.29, 0.717) is 11.3 Å². The number of allylic oxidation sites excluding steroid dienone is 3. The van der Waals surface area contributed by atoms with Crippen molar-refractivity contribution in [1.29, 1.82) is 0 Å². The van der Waals surface area contributed by atoms with Gasteiger partial charge < -0.3 is 4.74 Å². The Morgan fingerprint density at radius 1 is 1.03 bits per heavy atom. The third kappa shape index (κ3) is 4.50. The number of fused-ring (bicyclic) bond motifs is 5. The normalized spacial score (nSPS) is 39.6. The topological polar surface area (TPSA) is 26.3 Å². The van der Waals surface area contributed by atoms with Crippen LogP contribution < -0.4 is 0 Å². The fraction of sp³-hybridized carbons (Fsp3) is 0.839. The smallest absolute Gasteiger partial charge is 0.302 e. The maximum Gasteiger partial charge on any atom is 0.302 e. The van der Waals surface area contributed by atoms with Gasteiger partial charge >= 0.3 is 5.97 Å². The molecule has 0 spiro atoms. The molecule has 0 aromatic carbocycles. The van der Waals surface area contributed by atoms with Gasteiger partial charge in [0.25, 0.3) is 0 Å². The molecule has 3 saturated carbocycles. The summed E-state index contributed by atoms with van der Waals surface area (Å²) in [4.78, 5) is 11.5. The minimum Gasteiger partial charge on any atom is -0.462 e. The van der Waals surface area contributed by atoms with E-state index in [9.17, 15) is 4.79 Å². The lowest BCUT2D eigenvalue weighted by Gasteiger charge is -2.55. The lowest BCUT2D eigenvalue weighted by Crippen LogP contribution is -2.46. The first-order valence-electron chi connectivity index (χ1n) is 14.2. The summed E-state index contributed by atoms with van der Waals surface area (Å²) in [5, 5.41) is 0. The molecule has 4 rings (SSSR count). The molecule has 0 aliphatic heterocycles. The van der Waals surface area contributed by atoms with Crippen LogP contribution in [0.15, 0.2) is 23.3 Å². The van der Waals surface area contributed by atoms with Crippen molar-refractivity contribution in [3.63, 3.8) is 0 Å². The molecule has 0 heterocycles. The van der Waals surface area contributed by atoms with Gasteiger partial charge in [0.2, 0.25) is 0 Å². The predicted octanol–water partition coefficient (Wildman–Crippen LogP) is 8.52. The van der Waals surface area contributed by atoms with Crippen molar-refractivity contribution in [3.8, 4) is 0 Å². The fourth-order valence-corrected chi connectivity index (χ4v) is 8.97. The van der Waals surface area contributed by atoms with Crippen molar-refractivity contribution in [2.75, 3.05) is 0 Å². The first-order chi connectivity index (χ1) is 15.6. The van der Waals surface area contributed by atoms with Crippen LogP contribution in [0.4, 0.5) is 0 Å². The van der Waals surface area contributed by atoms with E-state index in [-0.39, 0.29) is 17.5 Å². The molecular formula is C31H50O2. The molecule has 0 aromatic heterocycles. The fourth-order valence-electron chi connectivity index (χ4n) is 8.97. The Morgan fingerprint density at radius 2 is 1.79 bits per heavy atom. The largest absolute Gasteiger partial charge is 0.462 e. The molecule has 0 radical (unpaired) electrons. The zero-order valence-electron chi connectivity index (χ0n) is 22.6. The summed E-state index contributed by atoms with van der Waals surface area (Å²) in [6.07, 6.45) is 17.9. The monoisotopic (exact) mass is 454 g/mol. The lowest BCUT2D eigenvalue weighted by atomic mass is 9.50. The van der Waals surface area contributed by atoms with E-state index in [1.807, 2.05) is 0 Å². The van der Waals surface area contributed by atoms with Crippen LogP contribution in [0.2, 0.25) is 0 Å². The number of hydrogen-bond donors (Lipinski definition) is 0. The number of ether oxygens (including phenoxy) is 1. The van der Waals surface area contributed by atoms with Crippen molar-refractivity contribution in [3.05, 3.63) is 23.3 Å². The van der Waals surface area contributed by atoms with Crippen LogP contribution in [0.25, 0.3) is 0 Å². The van der Waals surface area contributed by atoms with Gasteiger partial charge in [-0.2, -0.15) is 0 Å². The van der Waals surface area contributed by atoms with Crippen molar-refractivity contribution in [2.24, 2.45) is 46.3 Å². The van der Waals surface area contributed by atoms with Crippen LogP contribution in [0, 0.1) is 46.3 Å². The molecule has 2 nitrogen and oxygen atoms in total. The van der Waals surface area contributed by atoms with Gasteiger partial charge in [0.15, 0.2) is 0 Å². The minimum absolute atomic E-state index is 0.0835. The molecule has 4 aliphatic rings. The average molecular weight is 455 g/mol. The quantitative estimate of drug-likeness (QED) is 0.360. The van der Waals surface area contributed by atoms with Crippen molar-refractivity contribution in [1.82, 2.24) is 0 Å². The predicted molar refractivity (Wildman–Crippen MR) is 138 cm³/mol. The summed E-state index contributed by atoms with van der Waals surface area (Å²) >= 11 is 0. The maximum atomic E-state index is 11.5. The number of esters is 1. The first kappa shape index (κ1) is 25.1. The third-order valence-corrected chi connectivity index (χ3v) is 11.1. The molecule has 0 aromatic rings. The second-order valence-corrected chi connectivity index (χ2v) is 13.1. The molecule has 186 valence electrons. The summed E-state index contributed by atoms with van der Waals surface area (Å²) in [5.74, 6) is 4.77. The summed E-state index contributed by atoms with van der Waals surface area (Å²) in [6, 6.07) is 0. The highest BCUT2D eigenvalue weighted by Gasteiger charge is 2.57. The molecule has 4 aliphatic carbocycles. The Kier molecular flexibility index (Phi) is 7.24. The molecule has 0 amide bonds. The zero-order chi connectivity index (χ0) is 24.0. The molecule has 8 atom stereocenters. The Balaban J connectivity index is 1.49. The standard InChI is InChI=1S/C31H50O2/c1-8-23(20(2)3)10-9-21(4)27-13-14-28-26-12-11-24-19-25(33-22(5)32)15-17-30(24,6)29(26)16-18-31(27,28)7/h11-12,20-21,23,25,27-29H,8-10,13-19H2,1-7H3. The maximum absolute atomic E-state index is 11.5. The highest BCUT2D eigenvalue weighted by atomic mass is 16.5. The summed E-state index contributed by atoms with van der Waals surface area (Å²) in [7, 11) is 0. The Morgan fingerprint density at radius 3 is 2.45 bits per heavy atom. The van der Waals surface area contributed by atoms with Gasteiger partial charge in [-0.25, -0.2) is 0 Å². The van der Waals surface area contributed by atoms with Gasteiger partial charge in [0, 0.05) is 13.3 Å². The van der Waals surface area contributed by atoms with Crippen LogP contribution >= 0.6 is 0 Å². The first-order valence-corrected chi connectivity index (χ1v) is 14.2. The van der Waals surface area contributed by atoms with Crippen molar-refractivity contribution >= 4 is 5.97 Å². The van der Waals surface area contributed by atoms with Crippen LogP contribution in [-0.2, 0) is 9.53 Å². The van der Waals surface area contributed by atoms with Crippen LogP contribution in [0.5, 0.6) is 0 Å². The highest BCUT2D eigenvalue weighted by molar-refractivity contribution is 5.66. The average Bonchev–Trinajstić information content (AvgIpc) is 3.11. The Labute approximate surface area is 204 Å². The van der Waals surface area contributed by atoms with E-state index in [0.717, 1.165) is 48.9 Å². The second-order valence-electron chi connectivity index (χ2n) is 13.1. The van der Waals surface area contributed by atoms with E-state index in [1.165, 1.54) is 44.9 Å². The van der Waals surface area contributed by atoms with Gasteiger partial charge in [-0.1, -0.05) is 77.7 Å². The molecule has 0 bridgehead atoms. The number of rotatable bonds is 7. The van der Waals surface area contributed by atoms with Crippen LogP contribution in [0.1, 0.15) is 113 Å². The highest BCUT2D eigenvalue weighted by Crippen LogP contribution is 2.66. The number of carbonyl (C=O) groups is 1. The molecule has 3 fully saturated rings. The van der Waals surface area contributed by atoms with E-state index < -0.39 is 0 Å². The third-order valence-electron chi connectivity index (χ3n) is 11.1. The molecule has 33 heavy (non-hydrogen) atoms. The van der Waals surface area contributed by atoms with Crippen LogP contribution in [-0.4, -0.2) is 12.1 Å². The van der Waals surface area contributed by atoms with Gasteiger partial charge in [-0.05, 0) is 91.3 Å². The zero-order valence-corrected chi connectivity index (χ0v) is 22.6. The van der Waals surface area contributed by atoms with Crippen LogP contribution in [0.3, 0.4) is 0 Å². The molecule has 0 N–H and O–H groups in total. The van der Waals surface area contributed by atoms with Gasteiger partial charge in [-0.15, -0.1) is 0 Å². The van der Waals surface area contributed by atoms with Crippen molar-refractivity contribution in [2.45, 2.75) is 119 Å². The number of carbonyl (C=O) groups excluding carboxylic acids is 1. The summed E-state index contributed by atoms with van der Waals surface area (Å²) in [5.41, 5.74) is 4.08. The SMILES string of the molecule is CCC(CCC(C)C1CCC2C3=CC=C4CC(OC(C)=O)CCC4(C)C3CCC21C)C(C)C. The number of hydrogen-bond acceptors (Lipinski definition) is 2. The van der Waals surface area contributed by atoms with Gasteiger partial charge in [-0.3, -0.25) is 4.79 Å². The molecule has 0 saturated heterocycles. The summed E-state index contributed by atoms with van der Waals surface area (Å²) < 4.78 is 5.61. The van der Waals surface area contributed by atoms with Gasteiger partial charge in [0.1, 0.15) is 6.10 Å².